The summed E-state index contributed by atoms with van der Waals surface area (Å²) in [5.74, 6) is -0.0474. The van der Waals surface area contributed by atoms with Gasteiger partial charge in [0.15, 0.2) is 0 Å². The van der Waals surface area contributed by atoms with Crippen molar-refractivity contribution in [1.29, 1.82) is 0 Å². The van der Waals surface area contributed by atoms with Gasteiger partial charge in [-0.15, -0.1) is 0 Å². The quantitative estimate of drug-likeness (QED) is 0.777. The smallest absolute Gasteiger partial charge is 0.251 e. The predicted octanol–water partition coefficient (Wildman–Crippen LogP) is 2.81. The van der Waals surface area contributed by atoms with Gasteiger partial charge in [0, 0.05) is 21.2 Å². The average Bonchev–Trinajstić information content (AvgIpc) is 2.35. The Morgan fingerprint density at radius 2 is 2.33 bits per heavy atom. The number of hydrogen-bond acceptors (Lipinski definition) is 2. The minimum Gasteiger partial charge on any atom is -0.348 e. The van der Waals surface area contributed by atoms with Crippen LogP contribution >= 0.6 is 34.2 Å². The van der Waals surface area contributed by atoms with Gasteiger partial charge >= 0.3 is 0 Å². The lowest BCUT2D eigenvalue weighted by Gasteiger charge is -2.30. The molecule has 3 nitrogen and oxygen atoms in total. The van der Waals surface area contributed by atoms with E-state index in [0.29, 0.717) is 16.6 Å². The highest BCUT2D eigenvalue weighted by Crippen LogP contribution is 2.20. The van der Waals surface area contributed by atoms with Crippen LogP contribution in [-0.4, -0.2) is 24.5 Å². The van der Waals surface area contributed by atoms with Crippen LogP contribution in [0.3, 0.4) is 0 Å². The number of halogens is 2. The molecule has 0 saturated carbocycles. The Morgan fingerprint density at radius 1 is 1.56 bits per heavy atom. The van der Waals surface area contributed by atoms with Gasteiger partial charge in [-0.1, -0.05) is 11.6 Å². The third-order valence-electron chi connectivity index (χ3n) is 3.26. The van der Waals surface area contributed by atoms with Crippen molar-refractivity contribution < 1.29 is 4.79 Å². The first kappa shape index (κ1) is 14.1. The Bertz CT molecular complexity index is 453. The first-order valence-electron chi connectivity index (χ1n) is 6.07. The molecule has 98 valence electrons. The van der Waals surface area contributed by atoms with Crippen LogP contribution in [0, 0.1) is 3.57 Å². The Balaban J connectivity index is 2.04. The third kappa shape index (κ3) is 3.36. The molecule has 5 heteroatoms. The summed E-state index contributed by atoms with van der Waals surface area (Å²) in [6.45, 7) is 3.13. The van der Waals surface area contributed by atoms with E-state index in [4.69, 9.17) is 11.6 Å². The number of piperidine rings is 1. The Morgan fingerprint density at radius 3 is 3.00 bits per heavy atom. The van der Waals surface area contributed by atoms with Crippen molar-refractivity contribution in [1.82, 2.24) is 10.6 Å². The molecule has 0 aliphatic carbocycles. The zero-order chi connectivity index (χ0) is 13.1. The fourth-order valence-electron chi connectivity index (χ4n) is 2.13. The van der Waals surface area contributed by atoms with E-state index in [1.165, 1.54) is 0 Å². The summed E-state index contributed by atoms with van der Waals surface area (Å²) in [4.78, 5) is 12.1. The fraction of sp³-hybridized carbons (Fsp3) is 0.462. The van der Waals surface area contributed by atoms with Crippen molar-refractivity contribution in [3.8, 4) is 0 Å². The van der Waals surface area contributed by atoms with Gasteiger partial charge in [-0.25, -0.2) is 0 Å². The summed E-state index contributed by atoms with van der Waals surface area (Å²) < 4.78 is 0.957. The molecule has 1 aliphatic heterocycles. The van der Waals surface area contributed by atoms with Gasteiger partial charge in [-0.05, 0) is 67.1 Å². The molecule has 2 rings (SSSR count). The zero-order valence-corrected chi connectivity index (χ0v) is 13.1. The molecular weight excluding hydrogens is 363 g/mol. The van der Waals surface area contributed by atoms with Gasteiger partial charge in [0.1, 0.15) is 0 Å². The summed E-state index contributed by atoms with van der Waals surface area (Å²) in [6.07, 6.45) is 2.13. The summed E-state index contributed by atoms with van der Waals surface area (Å²) in [5, 5.41) is 7.06. The van der Waals surface area contributed by atoms with Gasteiger partial charge in [-0.3, -0.25) is 4.79 Å². The molecule has 1 saturated heterocycles. The van der Waals surface area contributed by atoms with E-state index >= 15 is 0 Å². The molecule has 2 N–H and O–H groups in total. The molecule has 1 aliphatic rings. The van der Waals surface area contributed by atoms with Crippen LogP contribution in [0.15, 0.2) is 18.2 Å². The highest BCUT2D eigenvalue weighted by Gasteiger charge is 2.22. The molecule has 0 bridgehead atoms. The van der Waals surface area contributed by atoms with E-state index < -0.39 is 0 Å². The van der Waals surface area contributed by atoms with E-state index in [0.717, 1.165) is 23.0 Å². The van der Waals surface area contributed by atoms with Crippen molar-refractivity contribution >= 4 is 40.1 Å². The molecule has 0 aromatic heterocycles. The lowest BCUT2D eigenvalue weighted by Crippen LogP contribution is -2.51. The standard InChI is InChI=1S/C13H16ClIN2O/c1-8-12(3-2-6-16-8)17-13(18)9-4-5-11(15)10(14)7-9/h4-5,7-8,12,16H,2-3,6H2,1H3,(H,17,18). The molecule has 1 fully saturated rings. The van der Waals surface area contributed by atoms with Crippen molar-refractivity contribution in [3.05, 3.63) is 32.4 Å². The van der Waals surface area contributed by atoms with Crippen molar-refractivity contribution in [2.45, 2.75) is 31.8 Å². The zero-order valence-electron chi connectivity index (χ0n) is 10.2. The maximum absolute atomic E-state index is 12.1. The normalized spacial score (nSPS) is 23.7. The number of hydrogen-bond donors (Lipinski definition) is 2. The Kier molecular flexibility index (Phi) is 4.86. The summed E-state index contributed by atoms with van der Waals surface area (Å²) in [5.41, 5.74) is 0.623. The fourth-order valence-corrected chi connectivity index (χ4v) is 2.65. The van der Waals surface area contributed by atoms with E-state index in [-0.39, 0.29) is 11.9 Å². The van der Waals surface area contributed by atoms with E-state index in [9.17, 15) is 4.79 Å². The van der Waals surface area contributed by atoms with E-state index in [2.05, 4.69) is 40.1 Å². The minimum atomic E-state index is -0.0474. The summed E-state index contributed by atoms with van der Waals surface area (Å²) >= 11 is 8.18. The molecular formula is C13H16ClIN2O. The first-order valence-corrected chi connectivity index (χ1v) is 7.53. The second-order valence-electron chi connectivity index (χ2n) is 4.59. The molecule has 0 radical (unpaired) electrons. The summed E-state index contributed by atoms with van der Waals surface area (Å²) in [6, 6.07) is 5.91. The largest absolute Gasteiger partial charge is 0.348 e. The van der Waals surface area contributed by atoms with E-state index in [1.54, 1.807) is 6.07 Å². The predicted molar refractivity (Wildman–Crippen MR) is 82.1 cm³/mol. The number of benzene rings is 1. The van der Waals surface area contributed by atoms with E-state index in [1.807, 2.05) is 12.1 Å². The maximum atomic E-state index is 12.1. The molecule has 1 aromatic rings. The Labute approximate surface area is 126 Å². The number of carbonyl (C=O) groups excluding carboxylic acids is 1. The topological polar surface area (TPSA) is 41.1 Å². The van der Waals surface area contributed by atoms with Crippen LogP contribution in [0.5, 0.6) is 0 Å². The van der Waals surface area contributed by atoms with Gasteiger partial charge in [-0.2, -0.15) is 0 Å². The molecule has 2 unspecified atom stereocenters. The lowest BCUT2D eigenvalue weighted by atomic mass is 9.99. The monoisotopic (exact) mass is 378 g/mol. The highest BCUT2D eigenvalue weighted by atomic mass is 127. The molecule has 2 atom stereocenters. The second kappa shape index (κ2) is 6.21. The van der Waals surface area contributed by atoms with Crippen LogP contribution in [-0.2, 0) is 0 Å². The van der Waals surface area contributed by atoms with Crippen molar-refractivity contribution in [2.75, 3.05) is 6.54 Å². The second-order valence-corrected chi connectivity index (χ2v) is 6.16. The molecule has 1 amide bonds. The number of nitrogens with one attached hydrogen (secondary N) is 2. The number of rotatable bonds is 2. The van der Waals surface area contributed by atoms with Crippen LogP contribution in [0.4, 0.5) is 0 Å². The number of amides is 1. The minimum absolute atomic E-state index is 0.0474. The van der Waals surface area contributed by atoms with Gasteiger partial charge < -0.3 is 10.6 Å². The molecule has 0 spiro atoms. The van der Waals surface area contributed by atoms with Crippen LogP contribution in [0.1, 0.15) is 30.1 Å². The molecule has 1 heterocycles. The maximum Gasteiger partial charge on any atom is 0.251 e. The van der Waals surface area contributed by atoms with Crippen molar-refractivity contribution in [3.63, 3.8) is 0 Å². The SMILES string of the molecule is CC1NCCCC1NC(=O)c1ccc(I)c(Cl)c1. The Hall–Kier alpha value is -0.330. The van der Waals surface area contributed by atoms with Crippen LogP contribution < -0.4 is 10.6 Å². The first-order chi connectivity index (χ1) is 8.58. The van der Waals surface area contributed by atoms with Crippen molar-refractivity contribution in [2.24, 2.45) is 0 Å². The van der Waals surface area contributed by atoms with Crippen LogP contribution in [0.25, 0.3) is 0 Å². The van der Waals surface area contributed by atoms with Gasteiger partial charge in [0.2, 0.25) is 0 Å². The molecule has 18 heavy (non-hydrogen) atoms. The summed E-state index contributed by atoms with van der Waals surface area (Å²) in [7, 11) is 0. The average molecular weight is 379 g/mol. The van der Waals surface area contributed by atoms with Gasteiger partial charge in [0.05, 0.1) is 5.02 Å². The highest BCUT2D eigenvalue weighted by molar-refractivity contribution is 14.1. The molecule has 1 aromatic carbocycles. The third-order valence-corrected chi connectivity index (χ3v) is 4.83. The lowest BCUT2D eigenvalue weighted by molar-refractivity contribution is 0.0920. The van der Waals surface area contributed by atoms with Gasteiger partial charge in [0.25, 0.3) is 5.91 Å². The number of carbonyl (C=O) groups is 1. The van der Waals surface area contributed by atoms with Crippen LogP contribution in [0.2, 0.25) is 5.02 Å².